The van der Waals surface area contributed by atoms with Crippen LogP contribution in [-0.2, 0) is 4.79 Å². The minimum absolute atomic E-state index is 0.0135. The molecule has 9 heteroatoms. The Hall–Kier alpha value is -3.52. The number of nitrogen functional groups attached to an aromatic ring is 1. The molecule has 164 valence electrons. The summed E-state index contributed by atoms with van der Waals surface area (Å²) in [6, 6.07) is 12.8. The molecule has 0 spiro atoms. The number of nitrogens with zero attached hydrogens (tertiary/aromatic N) is 3. The van der Waals surface area contributed by atoms with Crippen LogP contribution in [0, 0.1) is 0 Å². The number of nitrogens with two attached hydrogens (primary N) is 1. The van der Waals surface area contributed by atoms with E-state index >= 15 is 0 Å². The quantitative estimate of drug-likeness (QED) is 0.618. The molecule has 32 heavy (non-hydrogen) atoms. The summed E-state index contributed by atoms with van der Waals surface area (Å²) >= 11 is 6.26. The highest BCUT2D eigenvalue weighted by atomic mass is 35.5. The Morgan fingerprint density at radius 1 is 1.09 bits per heavy atom. The number of hydrogen-bond acceptors (Lipinski definition) is 7. The molecule has 3 N–H and O–H groups in total. The van der Waals surface area contributed by atoms with Crippen molar-refractivity contribution in [1.82, 2.24) is 14.8 Å². The third-order valence-electron chi connectivity index (χ3n) is 5.98. The van der Waals surface area contributed by atoms with Gasteiger partial charge in [-0.3, -0.25) is 4.79 Å². The largest absolute Gasteiger partial charge is 0.493 e. The second kappa shape index (κ2) is 7.87. The molecule has 2 heterocycles. The molecule has 0 fully saturated rings. The number of carbonyl (C=O) groups excluding carboxylic acids is 1. The van der Waals surface area contributed by atoms with E-state index in [0.29, 0.717) is 40.9 Å². The number of ketones is 1. The number of methoxy groups -OCH3 is 2. The lowest BCUT2D eigenvalue weighted by Crippen LogP contribution is -2.33. The van der Waals surface area contributed by atoms with Gasteiger partial charge in [-0.1, -0.05) is 29.8 Å². The second-order valence-electron chi connectivity index (χ2n) is 7.86. The monoisotopic (exact) mass is 451 g/mol. The molecule has 0 bridgehead atoms. The highest BCUT2D eigenvalue weighted by Crippen LogP contribution is 2.45. The third-order valence-corrected chi connectivity index (χ3v) is 6.21. The van der Waals surface area contributed by atoms with E-state index in [1.165, 1.54) is 0 Å². The van der Waals surface area contributed by atoms with E-state index in [9.17, 15) is 4.79 Å². The van der Waals surface area contributed by atoms with E-state index in [1.807, 2.05) is 36.4 Å². The number of aromatic nitrogens is 3. The van der Waals surface area contributed by atoms with Crippen molar-refractivity contribution < 1.29 is 14.3 Å². The van der Waals surface area contributed by atoms with Crippen molar-refractivity contribution in [3.8, 4) is 11.5 Å². The average Bonchev–Trinajstić information content (AvgIpc) is 3.16. The Labute approximate surface area is 190 Å². The van der Waals surface area contributed by atoms with Gasteiger partial charge in [0.1, 0.15) is 6.04 Å². The molecule has 0 amide bonds. The summed E-state index contributed by atoms with van der Waals surface area (Å²) in [6.45, 7) is 0. The van der Waals surface area contributed by atoms with E-state index in [2.05, 4.69) is 15.4 Å². The molecule has 0 radical (unpaired) electrons. The minimum Gasteiger partial charge on any atom is -0.493 e. The molecular weight excluding hydrogens is 430 g/mol. The van der Waals surface area contributed by atoms with Gasteiger partial charge >= 0.3 is 0 Å². The predicted octanol–water partition coefficient (Wildman–Crippen LogP) is 3.95. The normalized spacial score (nSPS) is 19.8. The standard InChI is InChI=1S/C23H22ClN5O3/c1-31-18-7-6-12(11-19(18)32-2)14-9-16-20(17(30)10-14)21(13-4-3-5-15(24)8-13)29-23(26-16)27-22(25)28-29/h3-8,11,14,21H,9-10H2,1-2H3,(H3,25,26,27,28). The van der Waals surface area contributed by atoms with Crippen LogP contribution in [0.1, 0.15) is 35.9 Å². The predicted molar refractivity (Wildman–Crippen MR) is 121 cm³/mol. The van der Waals surface area contributed by atoms with Gasteiger partial charge in [-0.05, 0) is 47.7 Å². The first kappa shape index (κ1) is 20.4. The summed E-state index contributed by atoms with van der Waals surface area (Å²) in [5.41, 5.74) is 9.25. The number of rotatable bonds is 4. The van der Waals surface area contributed by atoms with Crippen molar-refractivity contribution in [1.29, 1.82) is 0 Å². The number of anilines is 2. The van der Waals surface area contributed by atoms with Crippen molar-refractivity contribution in [2.75, 3.05) is 25.3 Å². The summed E-state index contributed by atoms with van der Waals surface area (Å²) in [5, 5.41) is 8.23. The fraction of sp³-hybridized carbons (Fsp3) is 0.261. The summed E-state index contributed by atoms with van der Waals surface area (Å²) in [6.07, 6.45) is 1.01. The highest BCUT2D eigenvalue weighted by molar-refractivity contribution is 6.30. The van der Waals surface area contributed by atoms with Crippen molar-refractivity contribution in [3.05, 3.63) is 69.9 Å². The topological polar surface area (TPSA) is 104 Å². The smallest absolute Gasteiger partial charge is 0.241 e. The number of hydrogen-bond donors (Lipinski definition) is 2. The summed E-state index contributed by atoms with van der Waals surface area (Å²) in [5.74, 6) is 1.97. The van der Waals surface area contributed by atoms with Gasteiger partial charge in [0.15, 0.2) is 17.3 Å². The summed E-state index contributed by atoms with van der Waals surface area (Å²) < 4.78 is 12.5. The number of ether oxygens (including phenoxy) is 2. The van der Waals surface area contributed by atoms with Gasteiger partial charge in [-0.2, -0.15) is 4.98 Å². The summed E-state index contributed by atoms with van der Waals surface area (Å²) in [7, 11) is 3.20. The van der Waals surface area contributed by atoms with E-state index in [0.717, 1.165) is 16.8 Å². The van der Waals surface area contributed by atoms with Gasteiger partial charge in [0.05, 0.1) is 14.2 Å². The molecular formula is C23H22ClN5O3. The van der Waals surface area contributed by atoms with Crippen LogP contribution in [0.3, 0.4) is 0 Å². The number of carbonyl (C=O) groups is 1. The first-order valence-corrected chi connectivity index (χ1v) is 10.6. The van der Waals surface area contributed by atoms with Crippen molar-refractivity contribution in [2.45, 2.75) is 24.8 Å². The lowest BCUT2D eigenvalue weighted by molar-refractivity contribution is -0.116. The third kappa shape index (κ3) is 3.36. The van der Waals surface area contributed by atoms with Gasteiger partial charge in [-0.25, -0.2) is 4.68 Å². The number of benzene rings is 2. The lowest BCUT2D eigenvalue weighted by Gasteiger charge is -2.35. The van der Waals surface area contributed by atoms with Crippen LogP contribution in [0.25, 0.3) is 0 Å². The fourth-order valence-electron chi connectivity index (χ4n) is 4.56. The Morgan fingerprint density at radius 3 is 2.66 bits per heavy atom. The van der Waals surface area contributed by atoms with E-state index in [1.54, 1.807) is 25.0 Å². The first-order valence-electron chi connectivity index (χ1n) is 10.2. The SMILES string of the molecule is COc1ccc(C2CC(=O)C3=C(C2)Nc2nc(N)nn2C3c2cccc(Cl)c2)cc1OC. The Morgan fingerprint density at radius 2 is 1.91 bits per heavy atom. The molecule has 1 aromatic heterocycles. The molecule has 2 aromatic carbocycles. The zero-order valence-electron chi connectivity index (χ0n) is 17.6. The zero-order valence-corrected chi connectivity index (χ0v) is 18.4. The Kier molecular flexibility index (Phi) is 5.01. The molecule has 2 atom stereocenters. The van der Waals surface area contributed by atoms with Gasteiger partial charge in [0.25, 0.3) is 0 Å². The van der Waals surface area contributed by atoms with E-state index < -0.39 is 6.04 Å². The summed E-state index contributed by atoms with van der Waals surface area (Å²) in [4.78, 5) is 17.8. The molecule has 0 saturated heterocycles. The van der Waals surface area contributed by atoms with E-state index in [-0.39, 0.29) is 17.6 Å². The first-order chi connectivity index (χ1) is 15.5. The van der Waals surface area contributed by atoms with Crippen LogP contribution < -0.4 is 20.5 Å². The Balaban J connectivity index is 1.58. The maximum Gasteiger partial charge on any atom is 0.241 e. The number of halogens is 1. The van der Waals surface area contributed by atoms with Crippen LogP contribution in [0.5, 0.6) is 11.5 Å². The van der Waals surface area contributed by atoms with Crippen LogP contribution in [0.15, 0.2) is 53.7 Å². The van der Waals surface area contributed by atoms with Gasteiger partial charge in [0.2, 0.25) is 11.9 Å². The Bertz CT molecular complexity index is 1250. The number of allylic oxidation sites excluding steroid dienone is 2. The van der Waals surface area contributed by atoms with Crippen molar-refractivity contribution in [2.24, 2.45) is 0 Å². The second-order valence-corrected chi connectivity index (χ2v) is 8.29. The van der Waals surface area contributed by atoms with Crippen LogP contribution in [0.2, 0.25) is 5.02 Å². The lowest BCUT2D eigenvalue weighted by atomic mass is 9.78. The molecule has 3 aromatic rings. The van der Waals surface area contributed by atoms with Crippen LogP contribution in [-0.4, -0.2) is 34.8 Å². The molecule has 2 unspecified atom stereocenters. The van der Waals surface area contributed by atoms with Gasteiger partial charge in [0, 0.05) is 22.7 Å². The number of Topliss-reactive ketones (excluding diaryl/α,β-unsaturated/α-hetero) is 1. The average molecular weight is 452 g/mol. The molecule has 0 saturated carbocycles. The highest BCUT2D eigenvalue weighted by Gasteiger charge is 2.39. The fourth-order valence-corrected chi connectivity index (χ4v) is 4.75. The zero-order chi connectivity index (χ0) is 22.4. The molecule has 5 rings (SSSR count). The molecule has 8 nitrogen and oxygen atoms in total. The van der Waals surface area contributed by atoms with E-state index in [4.69, 9.17) is 26.8 Å². The molecule has 1 aliphatic heterocycles. The van der Waals surface area contributed by atoms with Crippen molar-refractivity contribution in [3.63, 3.8) is 0 Å². The van der Waals surface area contributed by atoms with Gasteiger partial charge < -0.3 is 20.5 Å². The maximum atomic E-state index is 13.5. The molecule has 2 aliphatic rings. The number of nitrogens with one attached hydrogen (secondary N) is 1. The van der Waals surface area contributed by atoms with Gasteiger partial charge in [-0.15, -0.1) is 5.10 Å². The van der Waals surface area contributed by atoms with Crippen LogP contribution in [0.4, 0.5) is 11.9 Å². The maximum absolute atomic E-state index is 13.5. The van der Waals surface area contributed by atoms with Crippen LogP contribution >= 0.6 is 11.6 Å². The minimum atomic E-state index is -0.441. The molecule has 1 aliphatic carbocycles. The van der Waals surface area contributed by atoms with Crippen molar-refractivity contribution >= 4 is 29.3 Å². The number of fused-ring (bicyclic) bond motifs is 1.